The van der Waals surface area contributed by atoms with Crippen LogP contribution in [0.1, 0.15) is 36.1 Å². The van der Waals surface area contributed by atoms with Gasteiger partial charge in [0, 0.05) is 10.6 Å². The zero-order valence-corrected chi connectivity index (χ0v) is 13.0. The van der Waals surface area contributed by atoms with Crippen LogP contribution in [-0.4, -0.2) is 10.9 Å². The number of aliphatic hydroxyl groups excluding tert-OH is 1. The van der Waals surface area contributed by atoms with Gasteiger partial charge < -0.3 is 5.11 Å². The van der Waals surface area contributed by atoms with Crippen LogP contribution >= 0.6 is 11.8 Å². The third kappa shape index (κ3) is 4.12. The summed E-state index contributed by atoms with van der Waals surface area (Å²) in [6, 6.07) is 16.7. The summed E-state index contributed by atoms with van der Waals surface area (Å²) in [5.41, 5.74) is 3.61. The molecule has 0 radical (unpaired) electrons. The Morgan fingerprint density at radius 1 is 1.05 bits per heavy atom. The molecule has 1 N–H and O–H groups in total. The summed E-state index contributed by atoms with van der Waals surface area (Å²) < 4.78 is 0. The third-order valence-corrected chi connectivity index (χ3v) is 4.64. The highest BCUT2D eigenvalue weighted by molar-refractivity contribution is 7.99. The third-order valence-electron chi connectivity index (χ3n) is 3.39. The lowest BCUT2D eigenvalue weighted by Gasteiger charge is -2.12. The maximum Gasteiger partial charge on any atom is 0.0883 e. The normalized spacial score (nSPS) is 12.3. The van der Waals surface area contributed by atoms with Crippen molar-refractivity contribution >= 4 is 11.8 Å². The van der Waals surface area contributed by atoms with Crippen molar-refractivity contribution in [1.29, 1.82) is 0 Å². The highest BCUT2D eigenvalue weighted by Gasteiger charge is 2.09. The molecule has 106 valence electrons. The first-order valence-electron chi connectivity index (χ1n) is 7.16. The summed E-state index contributed by atoms with van der Waals surface area (Å²) in [4.78, 5) is 1.24. The number of rotatable bonds is 6. The molecule has 1 atom stereocenters. The van der Waals surface area contributed by atoms with Crippen molar-refractivity contribution in [2.75, 3.05) is 5.75 Å². The van der Waals surface area contributed by atoms with Gasteiger partial charge in [0.2, 0.25) is 0 Å². The molecular formula is C18H22OS. The number of hydrogen-bond acceptors (Lipinski definition) is 2. The number of aliphatic hydroxyl groups is 1. The maximum absolute atomic E-state index is 10.3. The second-order valence-electron chi connectivity index (χ2n) is 5.08. The van der Waals surface area contributed by atoms with Gasteiger partial charge in [0.05, 0.1) is 6.10 Å². The molecule has 0 heterocycles. The van der Waals surface area contributed by atoms with Gasteiger partial charge >= 0.3 is 0 Å². The number of hydrogen-bond donors (Lipinski definition) is 1. The molecule has 0 bridgehead atoms. The van der Waals surface area contributed by atoms with Crippen molar-refractivity contribution in [3.8, 4) is 0 Å². The molecule has 2 rings (SSSR count). The Morgan fingerprint density at radius 3 is 2.40 bits per heavy atom. The van der Waals surface area contributed by atoms with E-state index in [0.29, 0.717) is 5.75 Å². The standard InChI is InChI=1S/C18H22OS/c1-3-6-15-9-11-16(12-10-15)17(19)13-20-18-8-5-4-7-14(18)2/h4-5,7-12,17,19H,3,6,13H2,1-2H3. The first kappa shape index (κ1) is 15.1. The number of benzene rings is 2. The second-order valence-corrected chi connectivity index (χ2v) is 6.15. The average molecular weight is 286 g/mol. The van der Waals surface area contributed by atoms with Gasteiger partial charge in [-0.15, -0.1) is 11.8 Å². The van der Waals surface area contributed by atoms with Crippen LogP contribution in [0.4, 0.5) is 0 Å². The Bertz CT molecular complexity index is 533. The van der Waals surface area contributed by atoms with Crippen molar-refractivity contribution in [3.05, 3.63) is 65.2 Å². The Balaban J connectivity index is 1.94. The SMILES string of the molecule is CCCc1ccc(C(O)CSc2ccccc2C)cc1. The molecule has 0 saturated carbocycles. The minimum Gasteiger partial charge on any atom is -0.388 e. The van der Waals surface area contributed by atoms with E-state index in [0.717, 1.165) is 18.4 Å². The fourth-order valence-electron chi connectivity index (χ4n) is 2.18. The van der Waals surface area contributed by atoms with Crippen LogP contribution < -0.4 is 0 Å². The molecule has 1 nitrogen and oxygen atoms in total. The lowest BCUT2D eigenvalue weighted by molar-refractivity contribution is 0.204. The van der Waals surface area contributed by atoms with E-state index in [9.17, 15) is 5.11 Å². The van der Waals surface area contributed by atoms with E-state index in [2.05, 4.69) is 38.1 Å². The lowest BCUT2D eigenvalue weighted by atomic mass is 10.1. The topological polar surface area (TPSA) is 20.2 Å². The van der Waals surface area contributed by atoms with Gasteiger partial charge in [0.25, 0.3) is 0 Å². The van der Waals surface area contributed by atoms with Gasteiger partial charge in [-0.2, -0.15) is 0 Å². The summed E-state index contributed by atoms with van der Waals surface area (Å²) in [5.74, 6) is 0.692. The van der Waals surface area contributed by atoms with Gasteiger partial charge in [0.1, 0.15) is 0 Å². The zero-order valence-electron chi connectivity index (χ0n) is 12.2. The molecule has 2 heteroatoms. The van der Waals surface area contributed by atoms with Crippen LogP contribution in [0.25, 0.3) is 0 Å². The predicted molar refractivity (Wildman–Crippen MR) is 87.3 cm³/mol. The fraction of sp³-hybridized carbons (Fsp3) is 0.333. The number of thioether (sulfide) groups is 1. The summed E-state index contributed by atoms with van der Waals surface area (Å²) in [6.07, 6.45) is 1.86. The van der Waals surface area contributed by atoms with E-state index < -0.39 is 6.10 Å². The van der Waals surface area contributed by atoms with Crippen LogP contribution in [0.5, 0.6) is 0 Å². The molecule has 0 spiro atoms. The minimum absolute atomic E-state index is 0.407. The molecule has 20 heavy (non-hydrogen) atoms. The Hall–Kier alpha value is -1.25. The van der Waals surface area contributed by atoms with Gasteiger partial charge in [0.15, 0.2) is 0 Å². The first-order chi connectivity index (χ1) is 9.70. The second kappa shape index (κ2) is 7.51. The molecule has 0 aliphatic heterocycles. The van der Waals surface area contributed by atoms with Gasteiger partial charge in [-0.25, -0.2) is 0 Å². The molecule has 0 amide bonds. The van der Waals surface area contributed by atoms with E-state index in [1.807, 2.05) is 24.3 Å². The molecular weight excluding hydrogens is 264 g/mol. The Labute approximate surface area is 126 Å². The van der Waals surface area contributed by atoms with E-state index in [4.69, 9.17) is 0 Å². The Kier molecular flexibility index (Phi) is 5.69. The molecule has 0 aromatic heterocycles. The van der Waals surface area contributed by atoms with Crippen molar-refractivity contribution in [1.82, 2.24) is 0 Å². The van der Waals surface area contributed by atoms with Crippen LogP contribution in [0.3, 0.4) is 0 Å². The summed E-state index contributed by atoms with van der Waals surface area (Å²) in [6.45, 7) is 4.29. The first-order valence-corrected chi connectivity index (χ1v) is 8.14. The highest BCUT2D eigenvalue weighted by atomic mass is 32.2. The van der Waals surface area contributed by atoms with E-state index in [1.165, 1.54) is 16.0 Å². The van der Waals surface area contributed by atoms with E-state index in [1.54, 1.807) is 11.8 Å². The molecule has 0 aliphatic rings. The fourth-order valence-corrected chi connectivity index (χ4v) is 3.18. The van der Waals surface area contributed by atoms with E-state index >= 15 is 0 Å². The molecule has 1 unspecified atom stereocenters. The van der Waals surface area contributed by atoms with Gasteiger partial charge in [-0.3, -0.25) is 0 Å². The largest absolute Gasteiger partial charge is 0.388 e. The van der Waals surface area contributed by atoms with Crippen LogP contribution in [-0.2, 0) is 6.42 Å². The molecule has 2 aromatic carbocycles. The summed E-state index contributed by atoms with van der Waals surface area (Å²) in [5, 5.41) is 10.3. The van der Waals surface area contributed by atoms with Crippen molar-refractivity contribution in [2.24, 2.45) is 0 Å². The van der Waals surface area contributed by atoms with Crippen molar-refractivity contribution in [3.63, 3.8) is 0 Å². The van der Waals surface area contributed by atoms with Gasteiger partial charge in [-0.05, 0) is 36.1 Å². The van der Waals surface area contributed by atoms with E-state index in [-0.39, 0.29) is 0 Å². The predicted octanol–water partition coefficient (Wildman–Crippen LogP) is 4.77. The minimum atomic E-state index is -0.407. The zero-order chi connectivity index (χ0) is 14.4. The summed E-state index contributed by atoms with van der Waals surface area (Å²) in [7, 11) is 0. The molecule has 0 fully saturated rings. The van der Waals surface area contributed by atoms with Crippen LogP contribution in [0.15, 0.2) is 53.4 Å². The lowest BCUT2D eigenvalue weighted by Crippen LogP contribution is -2.01. The monoisotopic (exact) mass is 286 g/mol. The maximum atomic E-state index is 10.3. The van der Waals surface area contributed by atoms with Crippen molar-refractivity contribution < 1.29 is 5.11 Å². The molecule has 0 saturated heterocycles. The average Bonchev–Trinajstić information content (AvgIpc) is 2.47. The highest BCUT2D eigenvalue weighted by Crippen LogP contribution is 2.27. The van der Waals surface area contributed by atoms with Gasteiger partial charge in [-0.1, -0.05) is 55.8 Å². The molecule has 0 aliphatic carbocycles. The molecule has 2 aromatic rings. The van der Waals surface area contributed by atoms with Crippen LogP contribution in [0.2, 0.25) is 0 Å². The summed E-state index contributed by atoms with van der Waals surface area (Å²) >= 11 is 1.71. The Morgan fingerprint density at radius 2 is 1.75 bits per heavy atom. The smallest absolute Gasteiger partial charge is 0.0883 e. The van der Waals surface area contributed by atoms with Crippen LogP contribution in [0, 0.1) is 6.92 Å². The number of aryl methyl sites for hydroxylation is 2. The van der Waals surface area contributed by atoms with Crippen molar-refractivity contribution in [2.45, 2.75) is 37.7 Å². The quantitative estimate of drug-likeness (QED) is 0.772.